The zero-order valence-corrected chi connectivity index (χ0v) is 35.5. The van der Waals surface area contributed by atoms with Crippen LogP contribution in [-0.2, 0) is 50.7 Å². The van der Waals surface area contributed by atoms with Crippen molar-refractivity contribution in [3.8, 4) is 0 Å². The van der Waals surface area contributed by atoms with Crippen LogP contribution in [0.2, 0.25) is 0 Å². The van der Waals surface area contributed by atoms with Gasteiger partial charge in [0.15, 0.2) is 17.7 Å². The number of nitrogens with one attached hydrogen (secondary N) is 2. The van der Waals surface area contributed by atoms with Crippen molar-refractivity contribution in [2.24, 2.45) is 5.41 Å². The van der Waals surface area contributed by atoms with Gasteiger partial charge in [-0.3, -0.25) is 28.0 Å². The molecule has 57 heavy (non-hydrogen) atoms. The maximum Gasteiger partial charge on any atom is 1.00 e. The Bertz CT molecular complexity index is 1860. The fraction of sp³-hybridized carbons (Fsp3) is 0.615. The van der Waals surface area contributed by atoms with E-state index < -0.39 is 84.6 Å². The summed E-state index contributed by atoms with van der Waals surface area (Å²) in [7, 11) is -17.3. The number of phosphoric acid groups is 3. The molecule has 304 valence electrons. The molecule has 0 spiro atoms. The van der Waals surface area contributed by atoms with Crippen LogP contribution in [0.3, 0.4) is 0 Å². The van der Waals surface area contributed by atoms with E-state index in [2.05, 4.69) is 43.5 Å². The Morgan fingerprint density at radius 3 is 2.35 bits per heavy atom. The number of allylic oxidation sites excluding steroid dienone is 1. The average Bonchev–Trinajstić information content (AvgIpc) is 3.60. The van der Waals surface area contributed by atoms with Gasteiger partial charge >= 0.3 is 64.4 Å². The monoisotopic (exact) mass is 867 g/mol. The number of thioether (sulfide) groups is 1. The Morgan fingerprint density at radius 2 is 1.74 bits per heavy atom. The first-order valence-corrected chi connectivity index (χ1v) is 21.0. The Kier molecular flexibility index (Phi) is 23.5. The van der Waals surface area contributed by atoms with E-state index in [9.17, 15) is 57.9 Å². The first-order chi connectivity index (χ1) is 24.9. The summed E-state index contributed by atoms with van der Waals surface area (Å²) in [5, 5.41) is 26.0. The SMILES string of the molecule is CC(C)=CC(=O)SCCNC(=O)CCNC(=O)[C@H](O)C(C)(C)COP(=O)([O-])OP(=O)(O)OC[C@H]1O[C@@H](n2cnc3c(N)ncnc32)[C@H](O)[C@@H]1OP(=O)([O-])[O-].[Li+].[Li+].[Li+]. The number of hydrogen-bond acceptors (Lipinski definition) is 21. The van der Waals surface area contributed by atoms with Gasteiger partial charge in [-0.05, 0) is 19.9 Å². The van der Waals surface area contributed by atoms with Crippen molar-refractivity contribution >= 4 is 69.1 Å². The number of nitrogens with two attached hydrogens (primary N) is 1. The number of aromatic nitrogens is 4. The number of anilines is 1. The molecule has 2 aromatic rings. The normalized spacial score (nSPS) is 20.7. The number of rotatable bonds is 20. The third-order valence-electron chi connectivity index (χ3n) is 7.14. The van der Waals surface area contributed by atoms with E-state index >= 15 is 0 Å². The second-order valence-electron chi connectivity index (χ2n) is 12.4. The van der Waals surface area contributed by atoms with E-state index in [0.29, 0.717) is 5.75 Å². The van der Waals surface area contributed by atoms with E-state index in [1.54, 1.807) is 13.8 Å². The van der Waals surface area contributed by atoms with E-state index in [4.69, 9.17) is 10.5 Å². The predicted molar refractivity (Wildman–Crippen MR) is 180 cm³/mol. The average molecular weight is 867 g/mol. The van der Waals surface area contributed by atoms with Crippen molar-refractivity contribution in [3.05, 3.63) is 24.3 Å². The molecule has 7 atom stereocenters. The van der Waals surface area contributed by atoms with Crippen molar-refractivity contribution in [1.82, 2.24) is 30.2 Å². The summed E-state index contributed by atoms with van der Waals surface area (Å²) in [4.78, 5) is 93.2. The molecule has 0 radical (unpaired) electrons. The molecule has 1 aliphatic rings. The summed E-state index contributed by atoms with van der Waals surface area (Å²) < 4.78 is 60.9. The number of aliphatic hydroxyl groups is 2. The minimum atomic E-state index is -5.83. The van der Waals surface area contributed by atoms with Crippen LogP contribution in [0.15, 0.2) is 24.3 Å². The number of fused-ring (bicyclic) bond motifs is 1. The van der Waals surface area contributed by atoms with Crippen LogP contribution >= 0.6 is 35.2 Å². The third-order valence-corrected chi connectivity index (χ3v) is 11.0. The summed E-state index contributed by atoms with van der Waals surface area (Å²) in [6, 6.07) is 0. The van der Waals surface area contributed by atoms with Gasteiger partial charge in [-0.1, -0.05) is 31.2 Å². The van der Waals surface area contributed by atoms with Crippen molar-refractivity contribution in [2.45, 2.75) is 64.8 Å². The summed E-state index contributed by atoms with van der Waals surface area (Å²) in [5.74, 6) is -1.21. The fourth-order valence-corrected chi connectivity index (χ4v) is 8.04. The van der Waals surface area contributed by atoms with Gasteiger partial charge < -0.3 is 64.5 Å². The Labute approximate surface area is 366 Å². The molecule has 0 bridgehead atoms. The summed E-state index contributed by atoms with van der Waals surface area (Å²) in [5.41, 5.74) is 4.95. The molecule has 0 aromatic carbocycles. The van der Waals surface area contributed by atoms with Crippen LogP contribution in [0.5, 0.6) is 0 Å². The van der Waals surface area contributed by atoms with Crippen molar-refractivity contribution in [2.75, 3.05) is 37.8 Å². The second kappa shape index (κ2) is 23.9. The zero-order chi connectivity index (χ0) is 40.6. The van der Waals surface area contributed by atoms with Gasteiger partial charge in [0, 0.05) is 30.7 Å². The number of nitrogens with zero attached hydrogens (tertiary/aromatic N) is 4. The maximum atomic E-state index is 12.6. The number of phosphoric ester groups is 3. The maximum absolute atomic E-state index is 12.6. The van der Waals surface area contributed by atoms with Gasteiger partial charge in [0.25, 0.3) is 7.82 Å². The van der Waals surface area contributed by atoms with Gasteiger partial charge in [0.05, 0.1) is 27.4 Å². The molecule has 1 saturated heterocycles. The van der Waals surface area contributed by atoms with Crippen LogP contribution in [0.4, 0.5) is 5.82 Å². The van der Waals surface area contributed by atoms with Crippen molar-refractivity contribution < 1.29 is 137 Å². The topological polar surface area (TPSA) is 372 Å². The summed E-state index contributed by atoms with van der Waals surface area (Å²) in [6.07, 6.45) is -5.97. The molecule has 2 aromatic heterocycles. The fourth-order valence-electron chi connectivity index (χ4n) is 4.54. The molecule has 7 N–H and O–H groups in total. The number of carbonyl (C=O) groups is 3. The molecule has 1 aliphatic heterocycles. The molecule has 0 saturated carbocycles. The number of amides is 2. The first kappa shape index (κ1) is 56.1. The van der Waals surface area contributed by atoms with E-state index in [-0.39, 0.29) is 98.2 Å². The van der Waals surface area contributed by atoms with Crippen molar-refractivity contribution in [1.29, 1.82) is 0 Å². The Balaban J connectivity index is 0.0000105. The number of imidazole rings is 1. The van der Waals surface area contributed by atoms with E-state index in [1.807, 2.05) is 0 Å². The number of aliphatic hydroxyl groups excluding tert-OH is 2. The Hall–Kier alpha value is -0.908. The standard InChI is InChI=1S/C26H42N7O17P3S.3Li/c1-14(2)9-17(35)54-8-7-28-16(34)5-6-29-24(38)21(37)26(3,4)11-47-53(44,45)50-52(42,43)46-10-15-20(49-51(39,40)41)19(36)25(48-15)33-13-32-18-22(27)30-12-31-23(18)33;;;/h9,12-13,15,19-21,25,36-37H,5-8,10-11H2,1-4H3,(H,28,34)(H,29,38)(H,42,43)(H,44,45)(H2,27,30,31)(H2,39,40,41);;;/q;3*+1/p-3/t15-,19-,20-,21+,25-;;;/m1.../s1. The molecule has 0 aliphatic carbocycles. The van der Waals surface area contributed by atoms with Crippen LogP contribution in [0.25, 0.3) is 11.2 Å². The Morgan fingerprint density at radius 1 is 1.09 bits per heavy atom. The zero-order valence-electron chi connectivity index (χ0n) is 32.0. The van der Waals surface area contributed by atoms with Gasteiger partial charge in [-0.2, -0.15) is 0 Å². The quantitative estimate of drug-likeness (QED) is 0.0311. The molecular weight excluding hydrogens is 828 g/mol. The summed E-state index contributed by atoms with van der Waals surface area (Å²) in [6.45, 7) is 3.76. The molecule has 3 rings (SSSR count). The molecule has 3 heterocycles. The number of carbonyl (C=O) groups excluding carboxylic acids is 3. The molecule has 31 heteroatoms. The minimum Gasteiger partial charge on any atom is -0.790 e. The molecule has 2 amide bonds. The number of hydrogen-bond donors (Lipinski definition) is 6. The minimum absolute atomic E-state index is 0. The van der Waals surface area contributed by atoms with Crippen LogP contribution in [-0.4, -0.2) is 108 Å². The van der Waals surface area contributed by atoms with Gasteiger partial charge in [0.2, 0.25) is 16.9 Å². The molecule has 24 nitrogen and oxygen atoms in total. The molecular formula is C26H39Li3N7O17P3S. The van der Waals surface area contributed by atoms with E-state index in [1.165, 1.54) is 19.9 Å². The van der Waals surface area contributed by atoms with Gasteiger partial charge in [0.1, 0.15) is 36.3 Å². The summed E-state index contributed by atoms with van der Waals surface area (Å²) >= 11 is 1.01. The van der Waals surface area contributed by atoms with Crippen LogP contribution in [0, 0.1) is 5.41 Å². The third kappa shape index (κ3) is 17.9. The number of ether oxygens (including phenoxy) is 1. The molecule has 2 unspecified atom stereocenters. The largest absolute Gasteiger partial charge is 1.00 e. The predicted octanol–water partition coefficient (Wildman–Crippen LogP) is -11.3. The number of nitrogen functional groups attached to an aromatic ring is 1. The molecule has 1 fully saturated rings. The first-order valence-electron chi connectivity index (χ1n) is 15.6. The van der Waals surface area contributed by atoms with Crippen LogP contribution < -0.4 is 87.6 Å². The van der Waals surface area contributed by atoms with Gasteiger partial charge in [-0.25, -0.2) is 23.8 Å². The van der Waals surface area contributed by atoms with Crippen LogP contribution in [0.1, 0.15) is 40.3 Å². The van der Waals surface area contributed by atoms with Crippen molar-refractivity contribution in [3.63, 3.8) is 0 Å². The van der Waals surface area contributed by atoms with Gasteiger partial charge in [-0.15, -0.1) is 0 Å². The smallest absolute Gasteiger partial charge is 0.790 e. The second-order valence-corrected chi connectivity index (χ2v) is 17.6. The van der Waals surface area contributed by atoms with E-state index in [0.717, 1.165) is 34.6 Å².